The average molecular weight is 338 g/mol. The normalized spacial score (nSPS) is 18.2. The molecule has 1 saturated heterocycles. The van der Waals surface area contributed by atoms with E-state index >= 15 is 0 Å². The molecule has 1 fully saturated rings. The summed E-state index contributed by atoms with van der Waals surface area (Å²) in [7, 11) is 1.58. The van der Waals surface area contributed by atoms with Gasteiger partial charge in [-0.15, -0.1) is 0 Å². The van der Waals surface area contributed by atoms with Gasteiger partial charge in [0.25, 0.3) is 0 Å². The van der Waals surface area contributed by atoms with Gasteiger partial charge in [0.1, 0.15) is 11.4 Å². The molecule has 6 heteroatoms. The van der Waals surface area contributed by atoms with E-state index in [1.165, 1.54) is 18.6 Å². The van der Waals surface area contributed by atoms with Crippen molar-refractivity contribution in [1.29, 1.82) is 0 Å². The Morgan fingerprint density at radius 1 is 1.35 bits per heavy atom. The molecule has 1 aliphatic heterocycles. The van der Waals surface area contributed by atoms with Crippen LogP contribution in [0.25, 0.3) is 0 Å². The number of nitrogens with one attached hydrogen (secondary N) is 2. The molecule has 1 unspecified atom stereocenters. The fraction of sp³-hybridized carbons (Fsp3) is 0.588. The second-order valence-corrected chi connectivity index (χ2v) is 7.75. The number of carbonyl (C=O) groups is 1. The highest BCUT2D eigenvalue weighted by Gasteiger charge is 2.18. The molecule has 23 heavy (non-hydrogen) atoms. The molecule has 0 saturated carbocycles. The number of amides is 1. The standard InChI is InChI=1S/C17H26N2O3S/c1-17(2,3)22-16(20)19-14-10-12(7-8-15(14)21-4)18-13-6-5-9-23-11-13/h7-8,10,13,18H,5-6,9,11H2,1-4H3,(H,19,20). The van der Waals surface area contributed by atoms with Crippen molar-refractivity contribution in [2.75, 3.05) is 29.2 Å². The van der Waals surface area contributed by atoms with Gasteiger partial charge in [-0.25, -0.2) is 4.79 Å². The Labute approximate surface area is 142 Å². The number of hydrogen-bond acceptors (Lipinski definition) is 5. The van der Waals surface area contributed by atoms with Gasteiger partial charge < -0.3 is 14.8 Å². The first-order valence-electron chi connectivity index (χ1n) is 7.90. The maximum Gasteiger partial charge on any atom is 0.412 e. The van der Waals surface area contributed by atoms with E-state index in [4.69, 9.17) is 9.47 Å². The van der Waals surface area contributed by atoms with Gasteiger partial charge in [-0.3, -0.25) is 5.32 Å². The third kappa shape index (κ3) is 5.86. The lowest BCUT2D eigenvalue weighted by Crippen LogP contribution is -2.27. The molecular weight excluding hydrogens is 312 g/mol. The lowest BCUT2D eigenvalue weighted by molar-refractivity contribution is 0.0635. The number of benzene rings is 1. The molecule has 128 valence electrons. The maximum atomic E-state index is 12.0. The zero-order valence-corrected chi connectivity index (χ0v) is 15.1. The molecule has 0 bridgehead atoms. The predicted molar refractivity (Wildman–Crippen MR) is 96.8 cm³/mol. The number of carbonyl (C=O) groups excluding carboxylic acids is 1. The summed E-state index contributed by atoms with van der Waals surface area (Å²) in [6, 6.07) is 6.18. The summed E-state index contributed by atoms with van der Waals surface area (Å²) in [5.41, 5.74) is 1.05. The van der Waals surface area contributed by atoms with Crippen molar-refractivity contribution >= 4 is 29.2 Å². The van der Waals surface area contributed by atoms with Crippen LogP contribution in [0, 0.1) is 0 Å². The molecule has 1 atom stereocenters. The van der Waals surface area contributed by atoms with Crippen LogP contribution in [-0.4, -0.2) is 36.4 Å². The van der Waals surface area contributed by atoms with Crippen LogP contribution in [0.3, 0.4) is 0 Å². The van der Waals surface area contributed by atoms with Crippen molar-refractivity contribution in [3.8, 4) is 5.75 Å². The van der Waals surface area contributed by atoms with Crippen molar-refractivity contribution < 1.29 is 14.3 Å². The minimum atomic E-state index is -0.535. The van der Waals surface area contributed by atoms with Gasteiger partial charge in [-0.2, -0.15) is 11.8 Å². The summed E-state index contributed by atoms with van der Waals surface area (Å²) < 4.78 is 10.6. The number of ether oxygens (including phenoxy) is 2. The fourth-order valence-electron chi connectivity index (χ4n) is 2.40. The lowest BCUT2D eigenvalue weighted by atomic mass is 10.1. The largest absolute Gasteiger partial charge is 0.495 e. The van der Waals surface area contributed by atoms with E-state index < -0.39 is 11.7 Å². The number of rotatable bonds is 4. The molecule has 0 radical (unpaired) electrons. The number of thioether (sulfide) groups is 1. The van der Waals surface area contributed by atoms with E-state index in [2.05, 4.69) is 10.6 Å². The van der Waals surface area contributed by atoms with Crippen LogP contribution in [0.4, 0.5) is 16.2 Å². The van der Waals surface area contributed by atoms with Gasteiger partial charge in [0.15, 0.2) is 0 Å². The lowest BCUT2D eigenvalue weighted by Gasteiger charge is -2.24. The van der Waals surface area contributed by atoms with Crippen molar-refractivity contribution in [2.24, 2.45) is 0 Å². The van der Waals surface area contributed by atoms with Gasteiger partial charge >= 0.3 is 6.09 Å². The smallest absolute Gasteiger partial charge is 0.412 e. The Bertz CT molecular complexity index is 537. The Morgan fingerprint density at radius 2 is 2.13 bits per heavy atom. The van der Waals surface area contributed by atoms with Crippen molar-refractivity contribution in [3.05, 3.63) is 18.2 Å². The van der Waals surface area contributed by atoms with E-state index in [9.17, 15) is 4.79 Å². The average Bonchev–Trinajstić information content (AvgIpc) is 2.46. The quantitative estimate of drug-likeness (QED) is 0.855. The highest BCUT2D eigenvalue weighted by molar-refractivity contribution is 7.99. The molecule has 1 heterocycles. The zero-order chi connectivity index (χ0) is 16.9. The maximum absolute atomic E-state index is 12.0. The Kier molecular flexibility index (Phi) is 6.04. The van der Waals surface area contributed by atoms with E-state index in [-0.39, 0.29) is 0 Å². The second-order valence-electron chi connectivity index (χ2n) is 6.60. The summed E-state index contributed by atoms with van der Waals surface area (Å²) in [5, 5.41) is 6.29. The van der Waals surface area contributed by atoms with Gasteiger partial charge in [-0.1, -0.05) is 0 Å². The highest BCUT2D eigenvalue weighted by atomic mass is 32.2. The molecular formula is C17H26N2O3S. The monoisotopic (exact) mass is 338 g/mol. The molecule has 0 spiro atoms. The Hall–Kier alpha value is -1.56. The molecule has 0 aliphatic carbocycles. The topological polar surface area (TPSA) is 59.6 Å². The minimum absolute atomic E-state index is 0.469. The molecule has 2 rings (SSSR count). The Balaban J connectivity index is 2.07. The third-order valence-corrected chi connectivity index (χ3v) is 4.58. The SMILES string of the molecule is COc1ccc(NC2CCCSC2)cc1NC(=O)OC(C)(C)C. The van der Waals surface area contributed by atoms with Crippen LogP contribution in [0.5, 0.6) is 5.75 Å². The molecule has 1 amide bonds. The minimum Gasteiger partial charge on any atom is -0.495 e. The Morgan fingerprint density at radius 3 is 2.74 bits per heavy atom. The van der Waals surface area contributed by atoms with Crippen LogP contribution in [0.15, 0.2) is 18.2 Å². The molecule has 2 N–H and O–H groups in total. The van der Waals surface area contributed by atoms with Crippen LogP contribution >= 0.6 is 11.8 Å². The van der Waals surface area contributed by atoms with Crippen LogP contribution in [0.1, 0.15) is 33.6 Å². The van der Waals surface area contributed by atoms with E-state index in [1.54, 1.807) is 7.11 Å². The third-order valence-electron chi connectivity index (χ3n) is 3.37. The van der Waals surface area contributed by atoms with E-state index in [0.717, 1.165) is 11.4 Å². The predicted octanol–water partition coefficient (Wildman–Crippen LogP) is 4.35. The number of anilines is 2. The molecule has 1 aromatic carbocycles. The highest BCUT2D eigenvalue weighted by Crippen LogP contribution is 2.30. The van der Waals surface area contributed by atoms with Crippen molar-refractivity contribution in [1.82, 2.24) is 0 Å². The summed E-state index contributed by atoms with van der Waals surface area (Å²) in [6.45, 7) is 5.51. The van der Waals surface area contributed by atoms with Crippen LogP contribution in [-0.2, 0) is 4.74 Å². The van der Waals surface area contributed by atoms with Crippen LogP contribution < -0.4 is 15.4 Å². The first-order valence-corrected chi connectivity index (χ1v) is 9.05. The van der Waals surface area contributed by atoms with E-state index in [0.29, 0.717) is 17.5 Å². The van der Waals surface area contributed by atoms with Gasteiger partial charge in [-0.05, 0) is 57.6 Å². The van der Waals surface area contributed by atoms with Crippen molar-refractivity contribution in [3.63, 3.8) is 0 Å². The summed E-state index contributed by atoms with van der Waals surface area (Å²) in [6.07, 6.45) is 1.93. The fourth-order valence-corrected chi connectivity index (χ4v) is 3.47. The first-order chi connectivity index (χ1) is 10.9. The second kappa shape index (κ2) is 7.81. The zero-order valence-electron chi connectivity index (χ0n) is 14.3. The summed E-state index contributed by atoms with van der Waals surface area (Å²) in [4.78, 5) is 12.0. The van der Waals surface area contributed by atoms with Crippen molar-refractivity contribution in [2.45, 2.75) is 45.3 Å². The number of methoxy groups -OCH3 is 1. The first kappa shape index (κ1) is 17.8. The van der Waals surface area contributed by atoms with Gasteiger partial charge in [0.2, 0.25) is 0 Å². The van der Waals surface area contributed by atoms with Gasteiger partial charge in [0, 0.05) is 17.5 Å². The van der Waals surface area contributed by atoms with Crippen LogP contribution in [0.2, 0.25) is 0 Å². The molecule has 1 aliphatic rings. The van der Waals surface area contributed by atoms with E-state index in [1.807, 2.05) is 50.7 Å². The summed E-state index contributed by atoms with van der Waals surface area (Å²) in [5.74, 6) is 2.96. The summed E-state index contributed by atoms with van der Waals surface area (Å²) >= 11 is 1.97. The number of hydrogen-bond donors (Lipinski definition) is 2. The molecule has 5 nitrogen and oxygen atoms in total. The molecule has 0 aromatic heterocycles. The van der Waals surface area contributed by atoms with Gasteiger partial charge in [0.05, 0.1) is 12.8 Å². The molecule has 1 aromatic rings.